The summed E-state index contributed by atoms with van der Waals surface area (Å²) in [5, 5.41) is 2.85. The number of anilines is 2. The molecule has 0 bridgehead atoms. The van der Waals surface area contributed by atoms with E-state index in [4.69, 9.17) is 4.18 Å². The molecule has 1 N–H and O–H groups in total. The van der Waals surface area contributed by atoms with Crippen molar-refractivity contribution in [3.8, 4) is 0 Å². The SMILES string of the molecule is Cc1ccc(S(=O)(=O)OCC2NC(=O)c3ccccc3N2c2ccccc2)cc1. The number of carbonyl (C=O) groups excluding carboxylic acids is 1. The second kappa shape index (κ2) is 7.69. The molecule has 6 nitrogen and oxygen atoms in total. The number of hydrogen-bond acceptors (Lipinski definition) is 5. The lowest BCUT2D eigenvalue weighted by Gasteiger charge is -2.38. The van der Waals surface area contributed by atoms with Crippen molar-refractivity contribution in [2.75, 3.05) is 11.5 Å². The third-order valence-corrected chi connectivity index (χ3v) is 6.04. The molecule has 1 unspecified atom stereocenters. The summed E-state index contributed by atoms with van der Waals surface area (Å²) in [5.41, 5.74) is 2.99. The Hall–Kier alpha value is -3.16. The van der Waals surface area contributed by atoms with Gasteiger partial charge in [-0.3, -0.25) is 8.98 Å². The number of nitrogens with one attached hydrogen (secondary N) is 1. The monoisotopic (exact) mass is 408 g/mol. The van der Waals surface area contributed by atoms with Crippen LogP contribution in [0.1, 0.15) is 15.9 Å². The molecule has 1 heterocycles. The number of benzene rings is 3. The Morgan fingerprint density at radius 2 is 1.59 bits per heavy atom. The Bertz CT molecular complexity index is 1130. The quantitative estimate of drug-likeness (QED) is 0.653. The van der Waals surface area contributed by atoms with E-state index in [1.165, 1.54) is 12.1 Å². The van der Waals surface area contributed by atoms with Crippen LogP contribution in [0.2, 0.25) is 0 Å². The maximum atomic E-state index is 12.6. The molecular formula is C22H20N2O4S. The fourth-order valence-corrected chi connectivity index (χ4v) is 4.20. The summed E-state index contributed by atoms with van der Waals surface area (Å²) >= 11 is 0. The molecule has 4 rings (SSSR count). The molecule has 0 fully saturated rings. The summed E-state index contributed by atoms with van der Waals surface area (Å²) in [7, 11) is -3.95. The zero-order valence-electron chi connectivity index (χ0n) is 15.8. The van der Waals surface area contributed by atoms with Crippen LogP contribution in [-0.2, 0) is 14.3 Å². The third kappa shape index (κ3) is 3.87. The molecule has 0 saturated heterocycles. The van der Waals surface area contributed by atoms with Crippen molar-refractivity contribution in [1.29, 1.82) is 0 Å². The fraction of sp³-hybridized carbons (Fsp3) is 0.136. The van der Waals surface area contributed by atoms with E-state index in [1.807, 2.05) is 54.3 Å². The van der Waals surface area contributed by atoms with Crippen molar-refractivity contribution in [3.63, 3.8) is 0 Å². The summed E-state index contributed by atoms with van der Waals surface area (Å²) in [6.07, 6.45) is -0.681. The van der Waals surface area contributed by atoms with Crippen LogP contribution in [0.4, 0.5) is 11.4 Å². The predicted octanol–water partition coefficient (Wildman–Crippen LogP) is 3.61. The maximum absolute atomic E-state index is 12.6. The van der Waals surface area contributed by atoms with E-state index in [0.29, 0.717) is 11.3 Å². The van der Waals surface area contributed by atoms with Gasteiger partial charge in [-0.25, -0.2) is 0 Å². The van der Waals surface area contributed by atoms with Gasteiger partial charge in [-0.2, -0.15) is 8.42 Å². The van der Waals surface area contributed by atoms with E-state index in [1.54, 1.807) is 24.3 Å². The standard InChI is InChI=1S/C22H20N2O4S/c1-16-11-13-18(14-12-16)29(26,27)28-15-21-23-22(25)19-9-5-6-10-20(19)24(21)17-7-3-2-4-8-17/h2-14,21H,15H2,1H3,(H,23,25). The highest BCUT2D eigenvalue weighted by Crippen LogP contribution is 2.33. The molecule has 1 aliphatic heterocycles. The van der Waals surface area contributed by atoms with Crippen LogP contribution < -0.4 is 10.2 Å². The second-order valence-electron chi connectivity index (χ2n) is 6.76. The van der Waals surface area contributed by atoms with Crippen molar-refractivity contribution in [3.05, 3.63) is 90.0 Å². The Kier molecular flexibility index (Phi) is 5.08. The van der Waals surface area contributed by atoms with Gasteiger partial charge in [0, 0.05) is 5.69 Å². The van der Waals surface area contributed by atoms with Crippen molar-refractivity contribution >= 4 is 27.4 Å². The highest BCUT2D eigenvalue weighted by atomic mass is 32.2. The molecule has 0 spiro atoms. The first-order valence-corrected chi connectivity index (χ1v) is 10.6. The molecule has 0 saturated carbocycles. The summed E-state index contributed by atoms with van der Waals surface area (Å²) in [6.45, 7) is 1.65. The minimum Gasteiger partial charge on any atom is -0.329 e. The lowest BCUT2D eigenvalue weighted by Crippen LogP contribution is -2.53. The summed E-state index contributed by atoms with van der Waals surface area (Å²) in [6, 6.07) is 23.1. The second-order valence-corrected chi connectivity index (χ2v) is 8.38. The van der Waals surface area contributed by atoms with Crippen molar-refractivity contribution < 1.29 is 17.4 Å². The van der Waals surface area contributed by atoms with Crippen LogP contribution in [0.5, 0.6) is 0 Å². The van der Waals surface area contributed by atoms with E-state index in [-0.39, 0.29) is 17.4 Å². The Morgan fingerprint density at radius 3 is 2.31 bits per heavy atom. The molecule has 1 aliphatic rings. The lowest BCUT2D eigenvalue weighted by atomic mass is 10.1. The minimum atomic E-state index is -3.95. The van der Waals surface area contributed by atoms with Crippen molar-refractivity contribution in [2.24, 2.45) is 0 Å². The van der Waals surface area contributed by atoms with E-state index in [9.17, 15) is 13.2 Å². The average molecular weight is 408 g/mol. The first-order chi connectivity index (χ1) is 14.0. The number of fused-ring (bicyclic) bond motifs is 1. The topological polar surface area (TPSA) is 75.7 Å². The summed E-state index contributed by atoms with van der Waals surface area (Å²) in [4.78, 5) is 14.5. The average Bonchev–Trinajstić information content (AvgIpc) is 2.73. The predicted molar refractivity (Wildman–Crippen MR) is 111 cm³/mol. The Balaban J connectivity index is 1.65. The number of rotatable bonds is 5. The zero-order valence-corrected chi connectivity index (χ0v) is 16.6. The largest absolute Gasteiger partial charge is 0.329 e. The van der Waals surface area contributed by atoms with E-state index < -0.39 is 16.3 Å². The number of amides is 1. The molecule has 0 aromatic heterocycles. The van der Waals surface area contributed by atoms with Gasteiger partial charge in [-0.1, -0.05) is 48.0 Å². The lowest BCUT2D eigenvalue weighted by molar-refractivity contribution is 0.0914. The Morgan fingerprint density at radius 1 is 0.931 bits per heavy atom. The van der Waals surface area contributed by atoms with Crippen LogP contribution in [-0.4, -0.2) is 27.1 Å². The van der Waals surface area contributed by atoms with Crippen LogP contribution in [0, 0.1) is 6.92 Å². The van der Waals surface area contributed by atoms with E-state index in [2.05, 4.69) is 5.32 Å². The fourth-order valence-electron chi connectivity index (χ4n) is 3.29. The van der Waals surface area contributed by atoms with Crippen LogP contribution in [0.15, 0.2) is 83.8 Å². The van der Waals surface area contributed by atoms with Gasteiger partial charge in [0.25, 0.3) is 16.0 Å². The van der Waals surface area contributed by atoms with Crippen molar-refractivity contribution in [1.82, 2.24) is 5.32 Å². The molecule has 3 aromatic rings. The van der Waals surface area contributed by atoms with Gasteiger partial charge < -0.3 is 10.2 Å². The van der Waals surface area contributed by atoms with Gasteiger partial charge in [0.1, 0.15) is 12.8 Å². The minimum absolute atomic E-state index is 0.0805. The van der Waals surface area contributed by atoms with Crippen molar-refractivity contribution in [2.45, 2.75) is 18.0 Å². The molecule has 1 atom stereocenters. The van der Waals surface area contributed by atoms with Crippen LogP contribution in [0.3, 0.4) is 0 Å². The summed E-state index contributed by atoms with van der Waals surface area (Å²) in [5.74, 6) is -0.269. The molecule has 3 aromatic carbocycles. The smallest absolute Gasteiger partial charge is 0.297 e. The number of nitrogens with zero attached hydrogens (tertiary/aromatic N) is 1. The number of hydrogen-bond donors (Lipinski definition) is 1. The first kappa shape index (κ1) is 19.2. The van der Waals surface area contributed by atoms with E-state index in [0.717, 1.165) is 11.3 Å². The van der Waals surface area contributed by atoms with Gasteiger partial charge in [0.15, 0.2) is 0 Å². The highest BCUT2D eigenvalue weighted by molar-refractivity contribution is 7.86. The highest BCUT2D eigenvalue weighted by Gasteiger charge is 2.33. The Labute approximate surface area is 169 Å². The number of aryl methyl sites for hydroxylation is 1. The van der Waals surface area contributed by atoms with Crippen LogP contribution >= 0.6 is 0 Å². The normalized spacial score (nSPS) is 16.2. The van der Waals surface area contributed by atoms with Gasteiger partial charge in [0.05, 0.1) is 16.1 Å². The van der Waals surface area contributed by atoms with Gasteiger partial charge >= 0.3 is 0 Å². The first-order valence-electron chi connectivity index (χ1n) is 9.16. The molecular weight excluding hydrogens is 388 g/mol. The van der Waals surface area contributed by atoms with Crippen LogP contribution in [0.25, 0.3) is 0 Å². The van der Waals surface area contributed by atoms with Gasteiger partial charge in [-0.05, 0) is 43.3 Å². The number of para-hydroxylation sites is 2. The summed E-state index contributed by atoms with van der Waals surface area (Å²) < 4.78 is 30.5. The maximum Gasteiger partial charge on any atom is 0.297 e. The molecule has 0 aliphatic carbocycles. The molecule has 29 heavy (non-hydrogen) atoms. The third-order valence-electron chi connectivity index (χ3n) is 4.74. The van der Waals surface area contributed by atoms with E-state index >= 15 is 0 Å². The molecule has 1 amide bonds. The molecule has 148 valence electrons. The van der Waals surface area contributed by atoms with Gasteiger partial charge in [-0.15, -0.1) is 0 Å². The zero-order chi connectivity index (χ0) is 20.4. The molecule has 7 heteroatoms. The van der Waals surface area contributed by atoms with Gasteiger partial charge in [0.2, 0.25) is 0 Å². The molecule has 0 radical (unpaired) electrons. The number of carbonyl (C=O) groups is 1.